The second kappa shape index (κ2) is 2.11. The van der Waals surface area contributed by atoms with Gasteiger partial charge in [0, 0.05) is 0 Å². The largest absolute Gasteiger partial charge is 0.506 e. The molecule has 0 spiro atoms. The SMILES string of the molecule is CC1=COC=C(O)C1O. The van der Waals surface area contributed by atoms with Gasteiger partial charge in [0.2, 0.25) is 0 Å². The van der Waals surface area contributed by atoms with E-state index in [2.05, 4.69) is 4.74 Å². The van der Waals surface area contributed by atoms with Crippen LogP contribution < -0.4 is 0 Å². The summed E-state index contributed by atoms with van der Waals surface area (Å²) in [6, 6.07) is 0. The van der Waals surface area contributed by atoms with Gasteiger partial charge in [0.15, 0.2) is 5.76 Å². The summed E-state index contributed by atoms with van der Waals surface area (Å²) < 4.78 is 4.63. The van der Waals surface area contributed by atoms with E-state index in [0.29, 0.717) is 5.57 Å². The summed E-state index contributed by atoms with van der Waals surface area (Å²) in [5.74, 6) is -0.144. The van der Waals surface area contributed by atoms with E-state index in [-0.39, 0.29) is 5.76 Å². The standard InChI is InChI=1S/C6H8O3/c1-4-2-9-3-5(7)6(4)8/h2-3,6-8H,1H3. The molecular weight excluding hydrogens is 120 g/mol. The van der Waals surface area contributed by atoms with Crippen molar-refractivity contribution in [3.63, 3.8) is 0 Å². The van der Waals surface area contributed by atoms with Gasteiger partial charge in [-0.05, 0) is 12.5 Å². The van der Waals surface area contributed by atoms with Crippen LogP contribution >= 0.6 is 0 Å². The van der Waals surface area contributed by atoms with E-state index in [1.807, 2.05) is 0 Å². The van der Waals surface area contributed by atoms with Crippen LogP contribution in [0.3, 0.4) is 0 Å². The van der Waals surface area contributed by atoms with Gasteiger partial charge in [-0.1, -0.05) is 0 Å². The maximum absolute atomic E-state index is 8.98. The summed E-state index contributed by atoms with van der Waals surface area (Å²) in [6.45, 7) is 1.67. The molecule has 1 rings (SSSR count). The first-order valence-corrected chi connectivity index (χ1v) is 2.61. The van der Waals surface area contributed by atoms with E-state index in [4.69, 9.17) is 10.2 Å². The van der Waals surface area contributed by atoms with Crippen molar-refractivity contribution in [2.45, 2.75) is 13.0 Å². The van der Waals surface area contributed by atoms with Crippen LogP contribution in [0.2, 0.25) is 0 Å². The molecule has 0 aromatic rings. The number of hydrogen-bond donors (Lipinski definition) is 2. The lowest BCUT2D eigenvalue weighted by Gasteiger charge is -2.13. The van der Waals surface area contributed by atoms with Crippen LogP contribution in [0.15, 0.2) is 23.9 Å². The van der Waals surface area contributed by atoms with E-state index >= 15 is 0 Å². The third-order valence-electron chi connectivity index (χ3n) is 1.15. The van der Waals surface area contributed by atoms with Gasteiger partial charge in [0.05, 0.1) is 6.26 Å². The Morgan fingerprint density at radius 2 is 2.22 bits per heavy atom. The molecule has 1 unspecified atom stereocenters. The molecule has 2 N–H and O–H groups in total. The van der Waals surface area contributed by atoms with Gasteiger partial charge < -0.3 is 14.9 Å². The Morgan fingerprint density at radius 3 is 2.67 bits per heavy atom. The minimum Gasteiger partial charge on any atom is -0.506 e. The van der Waals surface area contributed by atoms with Crippen molar-refractivity contribution < 1.29 is 14.9 Å². The van der Waals surface area contributed by atoms with Crippen molar-refractivity contribution in [2.75, 3.05) is 0 Å². The lowest BCUT2D eigenvalue weighted by atomic mass is 10.1. The van der Waals surface area contributed by atoms with Gasteiger partial charge in [0.1, 0.15) is 12.4 Å². The second-order valence-electron chi connectivity index (χ2n) is 1.94. The van der Waals surface area contributed by atoms with Gasteiger partial charge in [-0.3, -0.25) is 0 Å². The van der Waals surface area contributed by atoms with Crippen molar-refractivity contribution in [3.8, 4) is 0 Å². The number of aliphatic hydroxyl groups excluding tert-OH is 2. The highest BCUT2D eigenvalue weighted by molar-refractivity contribution is 5.17. The number of hydrogen-bond acceptors (Lipinski definition) is 3. The molecule has 0 fully saturated rings. The molecule has 0 aromatic heterocycles. The average molecular weight is 128 g/mol. The van der Waals surface area contributed by atoms with Gasteiger partial charge >= 0.3 is 0 Å². The molecule has 0 amide bonds. The smallest absolute Gasteiger partial charge is 0.160 e. The molecule has 50 valence electrons. The Labute approximate surface area is 52.9 Å². The summed E-state index contributed by atoms with van der Waals surface area (Å²) in [7, 11) is 0. The Morgan fingerprint density at radius 1 is 1.56 bits per heavy atom. The minimum atomic E-state index is -0.876. The third kappa shape index (κ3) is 1.05. The molecule has 0 saturated heterocycles. The lowest BCUT2D eigenvalue weighted by molar-refractivity contribution is 0.156. The molecule has 0 radical (unpaired) electrons. The predicted octanol–water partition coefficient (Wildman–Crippen LogP) is 0.681. The quantitative estimate of drug-likeness (QED) is 0.504. The summed E-state index contributed by atoms with van der Waals surface area (Å²) in [5, 5.41) is 17.8. The molecule has 3 nitrogen and oxygen atoms in total. The topological polar surface area (TPSA) is 49.7 Å². The molecule has 9 heavy (non-hydrogen) atoms. The van der Waals surface area contributed by atoms with Crippen LogP contribution in [0.25, 0.3) is 0 Å². The zero-order valence-corrected chi connectivity index (χ0v) is 5.03. The van der Waals surface area contributed by atoms with Crippen LogP contribution in [0.1, 0.15) is 6.92 Å². The van der Waals surface area contributed by atoms with E-state index in [0.717, 1.165) is 6.26 Å². The zero-order valence-electron chi connectivity index (χ0n) is 5.03. The van der Waals surface area contributed by atoms with Gasteiger partial charge in [-0.15, -0.1) is 0 Å². The van der Waals surface area contributed by atoms with E-state index < -0.39 is 6.10 Å². The molecule has 0 bridgehead atoms. The number of aliphatic hydroxyl groups is 2. The monoisotopic (exact) mass is 128 g/mol. The molecule has 1 heterocycles. The summed E-state index contributed by atoms with van der Waals surface area (Å²) in [6.07, 6.45) is 1.63. The molecule has 0 aromatic carbocycles. The maximum atomic E-state index is 8.98. The zero-order chi connectivity index (χ0) is 6.85. The summed E-state index contributed by atoms with van der Waals surface area (Å²) >= 11 is 0. The van der Waals surface area contributed by atoms with Crippen LogP contribution in [0.5, 0.6) is 0 Å². The van der Waals surface area contributed by atoms with Crippen LogP contribution in [-0.2, 0) is 4.74 Å². The lowest BCUT2D eigenvalue weighted by Crippen LogP contribution is -2.14. The molecule has 0 aliphatic carbocycles. The molecule has 0 saturated carbocycles. The summed E-state index contributed by atoms with van der Waals surface area (Å²) in [5.41, 5.74) is 0.606. The Bertz CT molecular complexity index is 151. The predicted molar refractivity (Wildman–Crippen MR) is 31.6 cm³/mol. The van der Waals surface area contributed by atoms with Crippen molar-refractivity contribution in [2.24, 2.45) is 0 Å². The number of ether oxygens (including phenoxy) is 1. The van der Waals surface area contributed by atoms with Crippen molar-refractivity contribution >= 4 is 0 Å². The van der Waals surface area contributed by atoms with Crippen molar-refractivity contribution in [1.29, 1.82) is 0 Å². The fraction of sp³-hybridized carbons (Fsp3) is 0.333. The highest BCUT2D eigenvalue weighted by Gasteiger charge is 2.14. The normalized spacial score (nSPS) is 26.2. The van der Waals surface area contributed by atoms with Gasteiger partial charge in [-0.25, -0.2) is 0 Å². The molecular formula is C6H8O3. The Kier molecular flexibility index (Phi) is 1.44. The van der Waals surface area contributed by atoms with Crippen molar-refractivity contribution in [3.05, 3.63) is 23.9 Å². The molecule has 3 heteroatoms. The number of rotatable bonds is 0. The van der Waals surface area contributed by atoms with Crippen LogP contribution in [0, 0.1) is 0 Å². The highest BCUT2D eigenvalue weighted by Crippen LogP contribution is 2.13. The van der Waals surface area contributed by atoms with Gasteiger partial charge in [-0.2, -0.15) is 0 Å². The van der Waals surface area contributed by atoms with Crippen molar-refractivity contribution in [1.82, 2.24) is 0 Å². The first-order valence-electron chi connectivity index (χ1n) is 2.61. The average Bonchev–Trinajstić information content (AvgIpc) is 1.83. The summed E-state index contributed by atoms with van der Waals surface area (Å²) in [4.78, 5) is 0. The van der Waals surface area contributed by atoms with Crippen LogP contribution in [0.4, 0.5) is 0 Å². The second-order valence-corrected chi connectivity index (χ2v) is 1.94. The highest BCUT2D eigenvalue weighted by atomic mass is 16.5. The van der Waals surface area contributed by atoms with E-state index in [1.165, 1.54) is 6.26 Å². The fourth-order valence-corrected chi connectivity index (χ4v) is 0.573. The van der Waals surface area contributed by atoms with E-state index in [9.17, 15) is 0 Å². The van der Waals surface area contributed by atoms with E-state index in [1.54, 1.807) is 6.92 Å². The molecule has 1 aliphatic rings. The minimum absolute atomic E-state index is 0.144. The molecule has 1 aliphatic heterocycles. The first kappa shape index (κ1) is 6.16. The third-order valence-corrected chi connectivity index (χ3v) is 1.15. The van der Waals surface area contributed by atoms with Crippen LogP contribution in [-0.4, -0.2) is 16.3 Å². The Hall–Kier alpha value is -0.960. The fourth-order valence-electron chi connectivity index (χ4n) is 0.573. The Balaban J connectivity index is 2.74. The molecule has 1 atom stereocenters. The van der Waals surface area contributed by atoms with Gasteiger partial charge in [0.25, 0.3) is 0 Å². The first-order chi connectivity index (χ1) is 4.22. The maximum Gasteiger partial charge on any atom is 0.160 e.